The molecule has 6 atom stereocenters. The summed E-state index contributed by atoms with van der Waals surface area (Å²) in [5, 5.41) is 27.7. The molecule has 2 fully saturated rings. The van der Waals surface area contributed by atoms with Gasteiger partial charge in [-0.3, -0.25) is 13.8 Å². The van der Waals surface area contributed by atoms with Gasteiger partial charge < -0.3 is 25.7 Å². The predicted molar refractivity (Wildman–Crippen MR) is 169 cm³/mol. The molecule has 3 rings (SSSR count). The van der Waals surface area contributed by atoms with E-state index in [9.17, 15) is 24.0 Å². The Bertz CT molecular complexity index is 997. The van der Waals surface area contributed by atoms with Gasteiger partial charge in [0.2, 0.25) is 11.8 Å². The number of hydrogen-bond acceptors (Lipinski definition) is 6. The number of amides is 2. The van der Waals surface area contributed by atoms with Gasteiger partial charge in [-0.15, -0.1) is 6.58 Å². The van der Waals surface area contributed by atoms with Crippen LogP contribution in [0.15, 0.2) is 43.0 Å². The Morgan fingerprint density at radius 2 is 1.67 bits per heavy atom. The Morgan fingerprint density at radius 1 is 1.00 bits per heavy atom. The third-order valence-electron chi connectivity index (χ3n) is 8.60. The summed E-state index contributed by atoms with van der Waals surface area (Å²) in [7, 11) is 2.68. The van der Waals surface area contributed by atoms with Gasteiger partial charge in [0.15, 0.2) is 0 Å². The fourth-order valence-electron chi connectivity index (χ4n) is 5.85. The number of carbonyl (C=O) groups excluding carboxylic acids is 2. The molecular formula is C33H53N3O5S. The maximum Gasteiger partial charge on any atom is 0.242 e. The molecule has 0 spiro atoms. The summed E-state index contributed by atoms with van der Waals surface area (Å²) in [5.74, 6) is 0.313. The second-order valence-electron chi connectivity index (χ2n) is 12.7. The molecule has 0 saturated heterocycles. The van der Waals surface area contributed by atoms with Gasteiger partial charge in [0, 0.05) is 28.9 Å². The van der Waals surface area contributed by atoms with Crippen molar-refractivity contribution in [2.45, 2.75) is 94.9 Å². The van der Waals surface area contributed by atoms with Crippen LogP contribution in [0.2, 0.25) is 0 Å². The van der Waals surface area contributed by atoms with E-state index in [-0.39, 0.29) is 24.0 Å². The molecule has 0 radical (unpaired) electrons. The number of aliphatic hydroxyl groups is 2. The summed E-state index contributed by atoms with van der Waals surface area (Å²) in [6.07, 6.45) is 8.81. The number of rotatable bonds is 19. The summed E-state index contributed by atoms with van der Waals surface area (Å²) in [4.78, 5) is 29.5. The Hall–Kier alpha value is -2.07. The molecule has 8 nitrogen and oxygen atoms in total. The largest absolute Gasteiger partial charge is 0.390 e. The van der Waals surface area contributed by atoms with E-state index in [0.717, 1.165) is 44.1 Å². The highest BCUT2D eigenvalue weighted by atomic mass is 32.2. The molecule has 236 valence electrons. The zero-order valence-corrected chi connectivity index (χ0v) is 26.4. The second kappa shape index (κ2) is 17.9. The van der Waals surface area contributed by atoms with E-state index in [1.165, 1.54) is 6.42 Å². The smallest absolute Gasteiger partial charge is 0.242 e. The van der Waals surface area contributed by atoms with E-state index >= 15 is 0 Å². The average Bonchev–Trinajstić information content (AvgIpc) is 3.80. The minimum Gasteiger partial charge on any atom is -0.390 e. The van der Waals surface area contributed by atoms with Crippen LogP contribution in [-0.2, 0) is 26.8 Å². The second-order valence-corrected chi connectivity index (χ2v) is 14.3. The number of nitrogens with zero attached hydrogens (tertiary/aromatic N) is 1. The third kappa shape index (κ3) is 12.3. The van der Waals surface area contributed by atoms with Crippen LogP contribution >= 0.6 is 0 Å². The molecule has 2 saturated carbocycles. The highest BCUT2D eigenvalue weighted by molar-refractivity contribution is 7.85. The molecule has 2 aliphatic carbocycles. The van der Waals surface area contributed by atoms with E-state index in [0.29, 0.717) is 43.4 Å². The molecular weight excluding hydrogens is 550 g/mol. The van der Waals surface area contributed by atoms with Gasteiger partial charge in [0.05, 0.1) is 18.1 Å². The highest BCUT2D eigenvalue weighted by Gasteiger charge is 2.36. The molecule has 0 aliphatic heterocycles. The van der Waals surface area contributed by atoms with E-state index < -0.39 is 41.0 Å². The Balaban J connectivity index is 1.74. The highest BCUT2D eigenvalue weighted by Crippen LogP contribution is 2.34. The van der Waals surface area contributed by atoms with Crippen molar-refractivity contribution in [2.75, 3.05) is 32.1 Å². The van der Waals surface area contributed by atoms with Gasteiger partial charge in [-0.2, -0.15) is 0 Å². The molecule has 0 heterocycles. The lowest BCUT2D eigenvalue weighted by Crippen LogP contribution is -2.56. The summed E-state index contributed by atoms with van der Waals surface area (Å²) in [6.45, 7) is 4.34. The lowest BCUT2D eigenvalue weighted by Gasteiger charge is -2.33. The van der Waals surface area contributed by atoms with Crippen molar-refractivity contribution in [3.05, 3.63) is 48.6 Å². The molecule has 2 aliphatic rings. The van der Waals surface area contributed by atoms with Crippen LogP contribution in [-0.4, -0.2) is 87.6 Å². The van der Waals surface area contributed by atoms with Crippen LogP contribution in [0.25, 0.3) is 0 Å². The molecule has 42 heavy (non-hydrogen) atoms. The Morgan fingerprint density at radius 3 is 2.29 bits per heavy atom. The van der Waals surface area contributed by atoms with E-state index in [1.54, 1.807) is 6.08 Å². The van der Waals surface area contributed by atoms with E-state index in [4.69, 9.17) is 0 Å². The number of nitrogens with one attached hydrogen (secondary N) is 2. The first-order valence-electron chi connectivity index (χ1n) is 15.8. The first-order chi connectivity index (χ1) is 20.2. The number of aliphatic hydroxyl groups excluding tert-OH is 2. The van der Waals surface area contributed by atoms with Crippen LogP contribution in [0.4, 0.5) is 0 Å². The number of carbonyl (C=O) groups is 2. The zero-order valence-electron chi connectivity index (χ0n) is 25.6. The van der Waals surface area contributed by atoms with Crippen molar-refractivity contribution in [1.82, 2.24) is 15.5 Å². The normalized spacial score (nSPS) is 20.2. The van der Waals surface area contributed by atoms with E-state index in [2.05, 4.69) is 17.2 Å². The molecule has 1 aromatic carbocycles. The van der Waals surface area contributed by atoms with Gasteiger partial charge in [-0.1, -0.05) is 81.4 Å². The Labute approximate surface area is 255 Å². The van der Waals surface area contributed by atoms with Crippen molar-refractivity contribution >= 4 is 22.6 Å². The van der Waals surface area contributed by atoms with Crippen molar-refractivity contribution in [3.63, 3.8) is 0 Å². The summed E-state index contributed by atoms with van der Waals surface area (Å²) >= 11 is 0. The molecule has 1 unspecified atom stereocenters. The van der Waals surface area contributed by atoms with E-state index in [1.807, 2.05) is 49.3 Å². The lowest BCUT2D eigenvalue weighted by molar-refractivity contribution is -0.132. The summed E-state index contributed by atoms with van der Waals surface area (Å²) in [6, 6.07) is 8.33. The molecule has 4 N–H and O–H groups in total. The predicted octanol–water partition coefficient (Wildman–Crippen LogP) is 3.19. The molecule has 2 amide bonds. The van der Waals surface area contributed by atoms with Crippen LogP contribution in [0.1, 0.15) is 69.8 Å². The quantitative estimate of drug-likeness (QED) is 0.181. The molecule has 9 heteroatoms. The van der Waals surface area contributed by atoms with Gasteiger partial charge >= 0.3 is 0 Å². The van der Waals surface area contributed by atoms with Gasteiger partial charge in [0.1, 0.15) is 12.1 Å². The SMILES string of the molecule is C=CC[C@H](O)[C@H](O)[C@H](CC1CCCCC1)NC(=O)[C@H](CC1CC1)NC(=O)[C@H](Cc1ccccc1)CS(=O)CCN(C)C. The van der Waals surface area contributed by atoms with Crippen LogP contribution in [0.3, 0.4) is 0 Å². The van der Waals surface area contributed by atoms with Gasteiger partial charge in [0.25, 0.3) is 0 Å². The van der Waals surface area contributed by atoms with Crippen molar-refractivity contribution in [3.8, 4) is 0 Å². The number of benzene rings is 1. The van der Waals surface area contributed by atoms with Gasteiger partial charge in [-0.25, -0.2) is 0 Å². The topological polar surface area (TPSA) is 119 Å². The fraction of sp³-hybridized carbons (Fsp3) is 0.697. The summed E-state index contributed by atoms with van der Waals surface area (Å²) < 4.78 is 13.0. The monoisotopic (exact) mass is 603 g/mol. The molecule has 0 aromatic heterocycles. The van der Waals surface area contributed by atoms with Crippen LogP contribution in [0.5, 0.6) is 0 Å². The minimum atomic E-state index is -1.19. The first-order valence-corrected chi connectivity index (χ1v) is 17.3. The third-order valence-corrected chi connectivity index (χ3v) is 10.0. The molecule has 0 bridgehead atoms. The first kappa shape index (κ1) is 34.4. The van der Waals surface area contributed by atoms with Crippen LogP contribution < -0.4 is 10.6 Å². The van der Waals surface area contributed by atoms with Crippen molar-refractivity contribution < 1.29 is 24.0 Å². The maximum atomic E-state index is 13.8. The van der Waals surface area contributed by atoms with Crippen molar-refractivity contribution in [2.24, 2.45) is 17.8 Å². The van der Waals surface area contributed by atoms with Crippen LogP contribution in [0, 0.1) is 17.8 Å². The lowest BCUT2D eigenvalue weighted by atomic mass is 9.82. The minimum absolute atomic E-state index is 0.225. The summed E-state index contributed by atoms with van der Waals surface area (Å²) in [5.41, 5.74) is 0.984. The standard InChI is InChI=1S/C33H53N3O5S/c1-4-11-30(37)31(38)28(21-25-14-9-6-10-15-25)34-33(40)29(22-26-16-17-26)35-32(39)27(20-24-12-7-5-8-13-24)23-42(41)19-18-36(2)3/h4-5,7-8,12-13,25-31,37-38H,1,6,9-11,14-23H2,2-3H3,(H,34,40)(H,35,39)/t27-,28+,29+,30+,31-,42?/m1/s1. The zero-order chi connectivity index (χ0) is 30.5. The Kier molecular flexibility index (Phi) is 14.7. The number of hydrogen-bond donors (Lipinski definition) is 4. The average molecular weight is 604 g/mol. The fourth-order valence-corrected chi connectivity index (χ4v) is 7.31. The maximum absolute atomic E-state index is 13.8. The van der Waals surface area contributed by atoms with Crippen molar-refractivity contribution in [1.29, 1.82) is 0 Å². The van der Waals surface area contributed by atoms with Gasteiger partial charge in [-0.05, 0) is 57.2 Å². The molecule has 1 aromatic rings.